The summed E-state index contributed by atoms with van der Waals surface area (Å²) in [6, 6.07) is 5.55. The molecule has 2 atom stereocenters. The topological polar surface area (TPSA) is 55.5 Å². The van der Waals surface area contributed by atoms with E-state index < -0.39 is 6.10 Å². The van der Waals surface area contributed by atoms with Gasteiger partial charge in [-0.3, -0.25) is 0 Å². The normalized spacial score (nSPS) is 18.7. The predicted octanol–water partition coefficient (Wildman–Crippen LogP) is 2.98. The molecule has 3 nitrogen and oxygen atoms in total. The third kappa shape index (κ3) is 3.62. The Labute approximate surface area is 121 Å². The third-order valence-corrected chi connectivity index (χ3v) is 4.09. The fourth-order valence-electron chi connectivity index (χ4n) is 2.93. The minimum Gasteiger partial charge on any atom is -0.497 e. The van der Waals surface area contributed by atoms with Crippen molar-refractivity contribution in [1.82, 2.24) is 0 Å². The number of rotatable bonds is 4. The summed E-state index contributed by atoms with van der Waals surface area (Å²) >= 11 is 0. The number of nitrogens with two attached hydrogens (primary N) is 1. The summed E-state index contributed by atoms with van der Waals surface area (Å²) in [5, 5.41) is 10.4. The summed E-state index contributed by atoms with van der Waals surface area (Å²) in [5.74, 6) is 1.19. The predicted molar refractivity (Wildman–Crippen MR) is 79.9 cm³/mol. The highest BCUT2D eigenvalue weighted by atomic mass is 35.5. The zero-order valence-corrected chi connectivity index (χ0v) is 12.5. The molecule has 0 spiro atoms. The first-order valence-corrected chi connectivity index (χ1v) is 6.71. The molecule has 1 fully saturated rings. The molecule has 3 N–H and O–H groups in total. The average molecular weight is 286 g/mol. The van der Waals surface area contributed by atoms with E-state index in [0.29, 0.717) is 5.92 Å². The van der Waals surface area contributed by atoms with Crippen LogP contribution >= 0.6 is 12.4 Å². The Bertz CT molecular complexity index is 405. The Morgan fingerprint density at radius 2 is 1.95 bits per heavy atom. The molecule has 108 valence electrons. The summed E-state index contributed by atoms with van der Waals surface area (Å²) in [5.41, 5.74) is 8.33. The number of ether oxygens (including phenoxy) is 1. The summed E-state index contributed by atoms with van der Waals surface area (Å²) < 4.78 is 5.19. The highest BCUT2D eigenvalue weighted by molar-refractivity contribution is 5.85. The van der Waals surface area contributed by atoms with E-state index in [1.54, 1.807) is 7.11 Å². The van der Waals surface area contributed by atoms with Crippen LogP contribution in [-0.2, 0) is 0 Å². The monoisotopic (exact) mass is 285 g/mol. The third-order valence-electron chi connectivity index (χ3n) is 4.09. The van der Waals surface area contributed by atoms with Crippen LogP contribution < -0.4 is 10.5 Å². The second-order valence-electron chi connectivity index (χ2n) is 5.28. The van der Waals surface area contributed by atoms with Crippen LogP contribution in [0.5, 0.6) is 5.75 Å². The molecule has 0 unspecified atom stereocenters. The van der Waals surface area contributed by atoms with Gasteiger partial charge in [-0.05, 0) is 48.9 Å². The Morgan fingerprint density at radius 1 is 1.32 bits per heavy atom. The van der Waals surface area contributed by atoms with Gasteiger partial charge >= 0.3 is 0 Å². The Hall–Kier alpha value is -0.770. The van der Waals surface area contributed by atoms with Crippen molar-refractivity contribution in [3.05, 3.63) is 29.3 Å². The highest BCUT2D eigenvalue weighted by Crippen LogP contribution is 2.33. The summed E-state index contributed by atoms with van der Waals surface area (Å²) in [4.78, 5) is 0. The molecule has 0 amide bonds. The number of aliphatic hydroxyl groups excluding tert-OH is 1. The van der Waals surface area contributed by atoms with Crippen molar-refractivity contribution in [2.45, 2.75) is 44.8 Å². The van der Waals surface area contributed by atoms with Gasteiger partial charge in [0.1, 0.15) is 5.75 Å². The van der Waals surface area contributed by atoms with Gasteiger partial charge in [0.25, 0.3) is 0 Å². The summed E-state index contributed by atoms with van der Waals surface area (Å²) in [6.45, 7) is 2.01. The van der Waals surface area contributed by atoms with E-state index in [4.69, 9.17) is 10.5 Å². The quantitative estimate of drug-likeness (QED) is 0.894. The van der Waals surface area contributed by atoms with E-state index in [-0.39, 0.29) is 18.4 Å². The Kier molecular flexibility index (Phi) is 6.11. The molecule has 1 aliphatic carbocycles. The van der Waals surface area contributed by atoms with E-state index in [1.165, 1.54) is 12.8 Å². The number of hydrogen-bond acceptors (Lipinski definition) is 3. The van der Waals surface area contributed by atoms with Crippen LogP contribution in [0.2, 0.25) is 0 Å². The van der Waals surface area contributed by atoms with Gasteiger partial charge in [-0.25, -0.2) is 0 Å². The molecule has 0 bridgehead atoms. The van der Waals surface area contributed by atoms with Crippen molar-refractivity contribution < 1.29 is 9.84 Å². The number of aliphatic hydroxyl groups is 1. The highest BCUT2D eigenvalue weighted by Gasteiger charge is 2.29. The second-order valence-corrected chi connectivity index (χ2v) is 5.28. The molecule has 1 saturated carbocycles. The van der Waals surface area contributed by atoms with Crippen molar-refractivity contribution in [1.29, 1.82) is 0 Å². The lowest BCUT2D eigenvalue weighted by atomic mass is 9.89. The molecular weight excluding hydrogens is 262 g/mol. The van der Waals surface area contributed by atoms with E-state index in [1.807, 2.05) is 25.1 Å². The fraction of sp³-hybridized carbons (Fsp3) is 0.600. The van der Waals surface area contributed by atoms with Crippen LogP contribution in [0.4, 0.5) is 0 Å². The number of methoxy groups -OCH3 is 1. The molecule has 0 radical (unpaired) electrons. The zero-order chi connectivity index (χ0) is 13.1. The zero-order valence-electron chi connectivity index (χ0n) is 11.6. The van der Waals surface area contributed by atoms with Crippen molar-refractivity contribution in [2.75, 3.05) is 7.11 Å². The fourth-order valence-corrected chi connectivity index (χ4v) is 2.93. The first kappa shape index (κ1) is 16.3. The van der Waals surface area contributed by atoms with Crippen molar-refractivity contribution in [3.63, 3.8) is 0 Å². The smallest absolute Gasteiger partial charge is 0.119 e. The molecule has 0 saturated heterocycles. The van der Waals surface area contributed by atoms with Gasteiger partial charge in [0.2, 0.25) is 0 Å². The van der Waals surface area contributed by atoms with Gasteiger partial charge in [0.15, 0.2) is 0 Å². The van der Waals surface area contributed by atoms with Crippen molar-refractivity contribution in [2.24, 2.45) is 11.7 Å². The lowest BCUT2D eigenvalue weighted by Gasteiger charge is -2.26. The molecule has 0 aromatic heterocycles. The minimum atomic E-state index is -0.431. The van der Waals surface area contributed by atoms with Gasteiger partial charge < -0.3 is 15.6 Å². The van der Waals surface area contributed by atoms with Gasteiger partial charge in [-0.15, -0.1) is 12.4 Å². The van der Waals surface area contributed by atoms with Gasteiger partial charge in [-0.1, -0.05) is 18.9 Å². The van der Waals surface area contributed by atoms with E-state index in [9.17, 15) is 5.11 Å². The molecule has 1 aliphatic rings. The van der Waals surface area contributed by atoms with Crippen LogP contribution in [0.25, 0.3) is 0 Å². The van der Waals surface area contributed by atoms with Gasteiger partial charge in [0, 0.05) is 0 Å². The lowest BCUT2D eigenvalue weighted by Crippen LogP contribution is -2.32. The number of halogens is 1. The Balaban J connectivity index is 0.00000180. The molecule has 0 aliphatic heterocycles. The molecule has 19 heavy (non-hydrogen) atoms. The van der Waals surface area contributed by atoms with E-state index in [2.05, 4.69) is 0 Å². The van der Waals surface area contributed by atoms with E-state index >= 15 is 0 Å². The number of aryl methyl sites for hydroxylation is 1. The SMILES string of the molecule is COc1ccc([C@@H](N)[C@@H](O)C2CCCC2)c(C)c1.Cl. The molecule has 0 heterocycles. The van der Waals surface area contributed by atoms with Crippen LogP contribution in [0.15, 0.2) is 18.2 Å². The maximum atomic E-state index is 10.4. The maximum absolute atomic E-state index is 10.4. The van der Waals surface area contributed by atoms with Crippen LogP contribution in [0.1, 0.15) is 42.9 Å². The summed E-state index contributed by atoms with van der Waals surface area (Å²) in [7, 11) is 1.65. The molecule has 4 heteroatoms. The first-order valence-electron chi connectivity index (χ1n) is 6.71. The van der Waals surface area contributed by atoms with Crippen LogP contribution in [0.3, 0.4) is 0 Å². The molecule has 1 aromatic rings. The second kappa shape index (κ2) is 7.13. The Morgan fingerprint density at radius 3 is 2.47 bits per heavy atom. The molecule has 2 rings (SSSR count). The van der Waals surface area contributed by atoms with Crippen molar-refractivity contribution >= 4 is 12.4 Å². The van der Waals surface area contributed by atoms with Crippen molar-refractivity contribution in [3.8, 4) is 5.75 Å². The molecular formula is C15H24ClNO2. The lowest BCUT2D eigenvalue weighted by molar-refractivity contribution is 0.0843. The van der Waals surface area contributed by atoms with Gasteiger partial charge in [0.05, 0.1) is 19.3 Å². The van der Waals surface area contributed by atoms with Gasteiger partial charge in [-0.2, -0.15) is 0 Å². The standard InChI is InChI=1S/C15H23NO2.ClH/c1-10-9-12(18-2)7-8-13(10)14(16)15(17)11-5-3-4-6-11;/h7-9,11,14-15,17H,3-6,16H2,1-2H3;1H/t14-,15+;/m1./s1. The first-order chi connectivity index (χ1) is 8.63. The maximum Gasteiger partial charge on any atom is 0.119 e. The number of hydrogen-bond donors (Lipinski definition) is 2. The number of benzene rings is 1. The average Bonchev–Trinajstić information content (AvgIpc) is 2.90. The van der Waals surface area contributed by atoms with Crippen LogP contribution in [-0.4, -0.2) is 18.3 Å². The minimum absolute atomic E-state index is 0. The van der Waals surface area contributed by atoms with Crippen LogP contribution in [0, 0.1) is 12.8 Å². The molecule has 1 aromatic carbocycles. The van der Waals surface area contributed by atoms with E-state index in [0.717, 1.165) is 29.7 Å². The largest absolute Gasteiger partial charge is 0.497 e. The summed E-state index contributed by atoms with van der Waals surface area (Å²) in [6.07, 6.45) is 4.21.